The first kappa shape index (κ1) is 37.6. The Kier molecular flexibility index (Phi) is 9.85. The van der Waals surface area contributed by atoms with Gasteiger partial charge in [0.2, 0.25) is 0 Å². The molecule has 2 aromatic heterocycles. The van der Waals surface area contributed by atoms with Crippen molar-refractivity contribution in [2.45, 2.75) is 46.3 Å². The van der Waals surface area contributed by atoms with Crippen molar-refractivity contribution in [1.82, 2.24) is 0 Å². The van der Waals surface area contributed by atoms with Gasteiger partial charge in [0.25, 0.3) is 0 Å². The Morgan fingerprint density at radius 2 is 0.643 bits per heavy atom. The summed E-state index contributed by atoms with van der Waals surface area (Å²) in [6.07, 6.45) is 0. The van der Waals surface area contributed by atoms with Gasteiger partial charge in [0.05, 0.1) is 52.3 Å². The van der Waals surface area contributed by atoms with Gasteiger partial charge < -0.3 is 18.1 Å². The van der Waals surface area contributed by atoms with Crippen molar-refractivity contribution in [2.75, 3.05) is 0 Å². The summed E-state index contributed by atoms with van der Waals surface area (Å²) in [4.78, 5) is 0. The van der Waals surface area contributed by atoms with E-state index < -0.39 is 209 Å². The van der Waals surface area contributed by atoms with Crippen LogP contribution in [-0.4, -0.2) is 26.7 Å². The van der Waals surface area contributed by atoms with Crippen LogP contribution in [0.3, 0.4) is 0 Å². The minimum atomic E-state index is -0.733. The molecule has 0 N–H and O–H groups in total. The van der Waals surface area contributed by atoms with E-state index in [1.165, 1.54) is 5.56 Å². The molecule has 3 heterocycles. The molecule has 0 amide bonds. The predicted molar refractivity (Wildman–Crippen MR) is 422 cm³/mol. The molecule has 0 saturated carbocycles. The third-order valence-corrected chi connectivity index (χ3v) is 18.5. The fraction of sp³-hybridized carbons (Fsp3) is 0.0769. The lowest BCUT2D eigenvalue weighted by atomic mass is 9.78. The van der Waals surface area contributed by atoms with E-state index in [1.807, 2.05) is 66.7 Å². The summed E-state index contributed by atoms with van der Waals surface area (Å²) in [5.41, 5.74) is 6.19. The Morgan fingerprint density at radius 1 is 0.316 bits per heavy atom. The van der Waals surface area contributed by atoms with Crippen LogP contribution in [-0.2, 0) is 9.31 Å². The SMILES string of the molecule is C.CC1(C)OB(c2ccc(-c3cccc4oc5ccccc5c34)cc2)OC1(C)C.[2H]c1c([2H])c([2H])c2c([2H])c(-c3c4c([2H])c([2H])c([2H])c([2H])c4c(-c4ccc(-c5cccc6oc7ccccc7c56)cc4)c4c([2H])c([2H])c([2H])c([2H])c34)c([2H])c([2H])c2c1[2H].[2H]c1c([2H])c([2H])c2c([2H])c(-c3c4c([2H])c([2H])c([2H])c([2H])c4c(Br)c4c([2H])c([2H])c([2H])c([2H])c34)c([2H])c([2H])c2c1[2H].[B]. The molecule has 98 heavy (non-hydrogen) atoms. The van der Waals surface area contributed by atoms with Gasteiger partial charge in [-0.25, -0.2) is 0 Å². The summed E-state index contributed by atoms with van der Waals surface area (Å²) in [5, 5.41) is 0.591. The Bertz CT molecular complexity index is 7760. The van der Waals surface area contributed by atoms with Crippen molar-refractivity contribution < 1.29 is 59.3 Å². The molecule has 1 aliphatic rings. The Labute approximate surface area is 623 Å². The second kappa shape index (κ2) is 25.7. The van der Waals surface area contributed by atoms with Crippen molar-refractivity contribution in [1.29, 1.82) is 0 Å². The Balaban J connectivity index is 0.000000156. The lowest BCUT2D eigenvalue weighted by Gasteiger charge is -2.32. The van der Waals surface area contributed by atoms with E-state index in [-0.39, 0.29) is 104 Å². The van der Waals surface area contributed by atoms with Crippen LogP contribution in [0.5, 0.6) is 0 Å². The summed E-state index contributed by atoms with van der Waals surface area (Å²) < 4.78 is 284. The number of para-hydroxylation sites is 2. The topological polar surface area (TPSA) is 44.7 Å². The summed E-state index contributed by atoms with van der Waals surface area (Å²) in [6, 6.07) is 23.5. The maximum Gasteiger partial charge on any atom is 0.494 e. The molecule has 0 aliphatic carbocycles. The van der Waals surface area contributed by atoms with Gasteiger partial charge in [-0.1, -0.05) is 286 Å². The number of hydrogen-bond donors (Lipinski definition) is 0. The van der Waals surface area contributed by atoms with Crippen LogP contribution in [0.15, 0.2) is 328 Å². The van der Waals surface area contributed by atoms with Crippen molar-refractivity contribution in [2.24, 2.45) is 0 Å². The lowest BCUT2D eigenvalue weighted by Crippen LogP contribution is -2.41. The Hall–Kier alpha value is -10.8. The quantitative estimate of drug-likeness (QED) is 0.123. The molecule has 18 aromatic rings. The van der Waals surface area contributed by atoms with E-state index in [0.717, 1.165) is 54.9 Å². The van der Waals surface area contributed by atoms with Gasteiger partial charge in [-0.2, -0.15) is 0 Å². The first-order valence-electron chi connectivity index (χ1n) is 45.5. The fourth-order valence-electron chi connectivity index (χ4n) is 12.5. The molecule has 1 aliphatic heterocycles. The van der Waals surface area contributed by atoms with E-state index in [1.54, 1.807) is 24.3 Å². The molecule has 0 atom stereocenters. The highest BCUT2D eigenvalue weighted by atomic mass is 79.9. The van der Waals surface area contributed by atoms with Crippen LogP contribution in [0.2, 0.25) is 0 Å². The average molecular weight is 1360 g/mol. The summed E-state index contributed by atoms with van der Waals surface area (Å²) in [6.45, 7) is 8.30. The summed E-state index contributed by atoms with van der Waals surface area (Å²) in [7, 11) is -0.343. The molecule has 3 radical (unpaired) electrons. The number of rotatable bonds is 6. The highest BCUT2D eigenvalue weighted by Gasteiger charge is 2.51. The predicted octanol–water partition coefficient (Wildman–Crippen LogP) is 25.4. The minimum Gasteiger partial charge on any atom is -0.456 e. The molecule has 1 saturated heterocycles. The van der Waals surface area contributed by atoms with E-state index in [9.17, 15) is 8.22 Å². The van der Waals surface area contributed by atoms with Crippen molar-refractivity contribution in [3.8, 4) is 55.6 Å². The largest absolute Gasteiger partial charge is 0.494 e. The van der Waals surface area contributed by atoms with Crippen LogP contribution >= 0.6 is 15.9 Å². The zero-order valence-corrected chi connectivity index (χ0v) is 53.5. The number of hydrogen-bond acceptors (Lipinski definition) is 4. The molecule has 16 aromatic carbocycles. The van der Waals surface area contributed by atoms with Crippen molar-refractivity contribution in [3.05, 3.63) is 319 Å². The molecule has 1 fully saturated rings. The Morgan fingerprint density at radius 3 is 1.06 bits per heavy atom. The molecule has 0 unspecified atom stereocenters. The molecule has 19 rings (SSSR count). The molecular weight excluding hydrogens is 1260 g/mol. The first-order valence-corrected chi connectivity index (χ1v) is 31.3. The number of furan rings is 2. The van der Waals surface area contributed by atoms with Gasteiger partial charge in [0.15, 0.2) is 0 Å². The average Bonchev–Trinajstić information content (AvgIpc) is 0.733. The van der Waals surface area contributed by atoms with Crippen LogP contribution in [0.4, 0.5) is 0 Å². The van der Waals surface area contributed by atoms with Crippen LogP contribution in [0.25, 0.3) is 164 Å². The monoisotopic (exact) mass is 1360 g/mol. The van der Waals surface area contributed by atoms with E-state index in [2.05, 4.69) is 86.1 Å². The van der Waals surface area contributed by atoms with E-state index in [4.69, 9.17) is 51.0 Å². The highest BCUT2D eigenvalue weighted by Crippen LogP contribution is 2.47. The molecule has 7 heteroatoms. The zero-order valence-electron chi connectivity index (χ0n) is 81.9. The third kappa shape index (κ3) is 11.0. The fourth-order valence-corrected chi connectivity index (χ4v) is 13.0. The summed E-state index contributed by atoms with van der Waals surface area (Å²) in [5.74, 6) is 0. The number of benzene rings is 16. The van der Waals surface area contributed by atoms with E-state index >= 15 is 0 Å². The van der Waals surface area contributed by atoms with Gasteiger partial charge in [0, 0.05) is 34.4 Å². The van der Waals surface area contributed by atoms with Crippen LogP contribution in [0, 0.1) is 0 Å². The van der Waals surface area contributed by atoms with Crippen molar-refractivity contribution in [3.63, 3.8) is 0 Å². The zero-order chi connectivity index (χ0) is 90.8. The first-order chi connectivity index (χ1) is 59.5. The maximum atomic E-state index is 9.39. The van der Waals surface area contributed by atoms with E-state index in [0.29, 0.717) is 16.7 Å². The van der Waals surface area contributed by atoms with Gasteiger partial charge >= 0.3 is 7.12 Å². The highest BCUT2D eigenvalue weighted by molar-refractivity contribution is 9.10. The van der Waals surface area contributed by atoms with Crippen LogP contribution in [0.1, 0.15) is 76.2 Å². The lowest BCUT2D eigenvalue weighted by molar-refractivity contribution is 0.00578. The standard InChI is InChI=1S/C42H26O.C24H23BO3.C24H15Br.CH4.B/c1-2-11-30-26-31(25-20-27(30)10-1)41-35-14-5-3-12-33(35)40(34-13-4-6-15-36(34)41)29-23-21-28(22-24-29)32-17-9-19-39-42(32)37-16-7-8-18-38(37)43-39;1-23(2)24(3,4)28-25(27-23)17-14-12-16(13-15-17)18-9-7-11-21-22(18)19-8-5-6-10-20(19)26-21;25-24-21-11-5-3-9-19(21)23(20-10-4-6-12-22(20)24)18-14-13-16-7-1-2-8-17(16)15-18;;/h1-26H;5-15H,1-4H3;1-15H;1H4;/i1D,2D,3D,4D,5D,6D,10D,11D,12D,13D,14D,15D,20D,25D,26D;;1D,2D,3D,4D,5D,6D,7D,8D,9D,10D,11D,12D,13D,14D,15D;;. The third-order valence-electron chi connectivity index (χ3n) is 17.7. The second-order valence-electron chi connectivity index (χ2n) is 23.8. The maximum absolute atomic E-state index is 9.39. The normalized spacial score (nSPS) is 17.5. The molecule has 4 nitrogen and oxygen atoms in total. The molecule has 0 spiro atoms. The number of halogens is 1. The van der Waals surface area contributed by atoms with Gasteiger partial charge in [-0.05, 0) is 206 Å². The van der Waals surface area contributed by atoms with Crippen LogP contribution < -0.4 is 5.46 Å². The second-order valence-corrected chi connectivity index (χ2v) is 24.6. The minimum absolute atomic E-state index is 0. The van der Waals surface area contributed by atoms with Gasteiger partial charge in [-0.3, -0.25) is 0 Å². The molecule has 0 bridgehead atoms. The van der Waals surface area contributed by atoms with Crippen molar-refractivity contribution >= 4 is 145 Å². The summed E-state index contributed by atoms with van der Waals surface area (Å²) >= 11 is 3.28. The molecule has 469 valence electrons. The van der Waals surface area contributed by atoms with Gasteiger partial charge in [-0.15, -0.1) is 0 Å². The molecular formula is C91H68B2BrO4. The number of fused-ring (bicyclic) bond motifs is 12. The smallest absolute Gasteiger partial charge is 0.456 e. The van der Waals surface area contributed by atoms with Gasteiger partial charge in [0.1, 0.15) is 22.3 Å².